The number of aromatic nitrogens is 1. The van der Waals surface area contributed by atoms with Crippen molar-refractivity contribution in [3.05, 3.63) is 189 Å². The smallest absolute Gasteiger partial charge is 0.334 e. The van der Waals surface area contributed by atoms with E-state index in [1.807, 2.05) is 168 Å². The molecule has 79 heavy (non-hydrogen) atoms. The fourth-order valence-corrected chi connectivity index (χ4v) is 10.4. The van der Waals surface area contributed by atoms with Crippen molar-refractivity contribution in [2.75, 3.05) is 21.3 Å². The molecule has 2 saturated heterocycles. The molecule has 4 aliphatic heterocycles. The minimum atomic E-state index is -0.995. The number of aryl methyl sites for hydroxylation is 1. The first kappa shape index (κ1) is 63.3. The van der Waals surface area contributed by atoms with Crippen LogP contribution in [-0.2, 0) is 71.7 Å². The SMILES string of the molecule is CC(=O)C(=O)NCc1ccccc1.COC(=O)C1(C)CC2(C)C(=O)NC1c1ccccc12.COC(=O)C1(C)CC2(C)C(=O)NC1c1ccccc12.COC(=O)[C@H](C)O.Cc1c(=O)[nH]cc2ccccc12.NCc1ccccc1.[B]. The van der Waals surface area contributed by atoms with Gasteiger partial charge < -0.3 is 46.0 Å². The Morgan fingerprint density at radius 2 is 1.06 bits per heavy atom. The van der Waals surface area contributed by atoms with Crippen molar-refractivity contribution >= 4 is 60.6 Å². The highest BCUT2D eigenvalue weighted by Gasteiger charge is 2.62. The zero-order chi connectivity index (χ0) is 57.6. The fourth-order valence-electron chi connectivity index (χ4n) is 10.4. The number of H-pyrrole nitrogens is 1. The highest BCUT2D eigenvalue weighted by atomic mass is 16.5. The number of amides is 3. The summed E-state index contributed by atoms with van der Waals surface area (Å²) in [6.45, 7) is 13.0. The van der Waals surface area contributed by atoms with E-state index in [1.165, 1.54) is 40.7 Å². The summed E-state index contributed by atoms with van der Waals surface area (Å²) < 4.78 is 14.0. The van der Waals surface area contributed by atoms with Gasteiger partial charge in [-0.2, -0.15) is 0 Å². The molecule has 17 nitrogen and oxygen atoms in total. The van der Waals surface area contributed by atoms with E-state index < -0.39 is 45.4 Å². The predicted octanol–water partition coefficient (Wildman–Crippen LogP) is 6.43. The molecule has 5 aromatic carbocycles. The largest absolute Gasteiger partial charge is 0.469 e. The summed E-state index contributed by atoms with van der Waals surface area (Å²) in [6, 6.07) is 42.4. The number of pyridine rings is 1. The Balaban J connectivity index is 0.000000211. The lowest BCUT2D eigenvalue weighted by Gasteiger charge is -2.53. The number of carbonyl (C=O) groups excluding carboxylic acids is 7. The van der Waals surface area contributed by atoms with E-state index in [4.69, 9.17) is 20.3 Å². The maximum Gasteiger partial charge on any atom is 0.334 e. The first-order valence-electron chi connectivity index (χ1n) is 25.3. The molecule has 6 unspecified atom stereocenters. The van der Waals surface area contributed by atoms with Crippen LogP contribution in [0.15, 0.2) is 144 Å². The predicted molar refractivity (Wildman–Crippen MR) is 301 cm³/mol. The molecule has 7 N–H and O–H groups in total. The number of ketones is 1. The first-order chi connectivity index (χ1) is 37.0. The third-order valence-corrected chi connectivity index (χ3v) is 14.6. The number of rotatable bonds is 7. The monoisotopic (exact) mass is 1080 g/mol. The van der Waals surface area contributed by atoms with Crippen molar-refractivity contribution in [1.29, 1.82) is 0 Å². The molecule has 2 aliphatic carbocycles. The van der Waals surface area contributed by atoms with Crippen LogP contribution in [0.5, 0.6) is 0 Å². The molecule has 4 bridgehead atoms. The molecule has 0 saturated carbocycles. The highest BCUT2D eigenvalue weighted by Crippen LogP contribution is 2.57. The fraction of sp³-hybridized carbons (Fsp3) is 0.344. The number of hydrogen-bond donors (Lipinski definition) is 6. The number of carbonyl (C=O) groups is 7. The van der Waals surface area contributed by atoms with Gasteiger partial charge in [0.1, 0.15) is 6.10 Å². The second-order valence-corrected chi connectivity index (χ2v) is 20.3. The standard InChI is InChI=1S/2C15H17NO3.C10H11NO2.C10H9NO.C7H9N.C4H8O3.B/c2*1-14-8-15(2,13(18)19-3)11(16-12(14)17)9-6-4-5-7-10(9)14;1-8(12)10(13)11-7-9-5-3-2-4-6-9;1-7-9-5-3-2-4-8(9)6-11-10(7)12;8-6-7-4-2-1-3-5-7;1-3(5)4(6)7-2;/h2*4-7,11H,8H2,1-3H3,(H,16,17);2-6H,7H2,1H3,(H,11,13);2-6H,1H3,(H,11,12);1-5H,6,8H2;3,5H,1-2H3;/t;;;;;3-;/m.....0./s1. The minimum Gasteiger partial charge on any atom is -0.469 e. The number of Topliss-reactive ketones (excluding diaryl/α,β-unsaturated/α-hetero) is 1. The maximum absolute atomic E-state index is 12.3. The van der Waals surface area contributed by atoms with Crippen LogP contribution in [0.4, 0.5) is 0 Å². The van der Waals surface area contributed by atoms with Crippen molar-refractivity contribution < 1.29 is 52.9 Å². The number of aliphatic hydroxyl groups is 1. The van der Waals surface area contributed by atoms with E-state index in [-0.39, 0.29) is 49.8 Å². The van der Waals surface area contributed by atoms with Gasteiger partial charge in [0.25, 0.3) is 11.5 Å². The van der Waals surface area contributed by atoms with E-state index in [9.17, 15) is 38.4 Å². The molecule has 7 atom stereocenters. The van der Waals surface area contributed by atoms with Crippen molar-refractivity contribution in [2.24, 2.45) is 16.6 Å². The Hall–Kier alpha value is -8.22. The van der Waals surface area contributed by atoms with Gasteiger partial charge in [-0.25, -0.2) is 4.79 Å². The number of fused-ring (bicyclic) bond motifs is 5. The van der Waals surface area contributed by atoms with Crippen molar-refractivity contribution in [2.45, 2.75) is 103 Å². The van der Waals surface area contributed by atoms with E-state index in [0.717, 1.165) is 44.2 Å². The average molecular weight is 1080 g/mol. The number of nitrogens with two attached hydrogens (primary N) is 1. The molecule has 3 radical (unpaired) electrons. The van der Waals surface area contributed by atoms with Gasteiger partial charge in [0, 0.05) is 40.2 Å². The van der Waals surface area contributed by atoms with Crippen molar-refractivity contribution in [3.63, 3.8) is 0 Å². The quantitative estimate of drug-likeness (QED) is 0.0437. The average Bonchev–Trinajstić information content (AvgIpc) is 3.57. The van der Waals surface area contributed by atoms with Gasteiger partial charge in [-0.05, 0) is 98.5 Å². The number of methoxy groups -OCH3 is 3. The Labute approximate surface area is 463 Å². The summed E-state index contributed by atoms with van der Waals surface area (Å²) in [5, 5.41) is 18.9. The topological polar surface area (TPSA) is 262 Å². The van der Waals surface area contributed by atoms with E-state index in [2.05, 4.69) is 25.7 Å². The van der Waals surface area contributed by atoms with Crippen LogP contribution in [0, 0.1) is 17.8 Å². The van der Waals surface area contributed by atoms with Gasteiger partial charge >= 0.3 is 17.9 Å². The lowest BCUT2D eigenvalue weighted by atomic mass is 9.55. The lowest BCUT2D eigenvalue weighted by molar-refractivity contribution is -0.162. The normalized spacial score (nSPS) is 22.3. The van der Waals surface area contributed by atoms with Crippen LogP contribution in [0.3, 0.4) is 0 Å². The van der Waals surface area contributed by atoms with Crippen molar-refractivity contribution in [1.82, 2.24) is 20.9 Å². The van der Waals surface area contributed by atoms with Crippen LogP contribution in [-0.4, -0.2) is 87.3 Å². The molecule has 1 aromatic heterocycles. The number of aliphatic hydroxyl groups excluding tert-OH is 1. The Bertz CT molecular complexity index is 3090. The van der Waals surface area contributed by atoms with E-state index in [0.29, 0.717) is 25.9 Å². The second kappa shape index (κ2) is 27.4. The van der Waals surface area contributed by atoms with Crippen LogP contribution in [0.1, 0.15) is 105 Å². The number of hydrogen-bond acceptors (Lipinski definition) is 13. The molecule has 12 rings (SSSR count). The summed E-state index contributed by atoms with van der Waals surface area (Å²) in [6.07, 6.45) is 1.72. The van der Waals surface area contributed by atoms with Crippen LogP contribution >= 0.6 is 0 Å². The molecule has 2 fully saturated rings. The first-order valence-corrected chi connectivity index (χ1v) is 25.3. The Kier molecular flexibility index (Phi) is 22.0. The molecule has 415 valence electrons. The number of esters is 3. The zero-order valence-corrected chi connectivity index (χ0v) is 46.4. The van der Waals surface area contributed by atoms with Crippen LogP contribution < -0.4 is 27.2 Å². The molecule has 3 amide bonds. The van der Waals surface area contributed by atoms with Crippen LogP contribution in [0.25, 0.3) is 10.8 Å². The van der Waals surface area contributed by atoms with Crippen molar-refractivity contribution in [3.8, 4) is 0 Å². The number of piperidine rings is 2. The van der Waals surface area contributed by atoms with Gasteiger partial charge in [0.2, 0.25) is 17.6 Å². The summed E-state index contributed by atoms with van der Waals surface area (Å²) in [5.41, 5.74) is 9.71. The highest BCUT2D eigenvalue weighted by molar-refractivity contribution is 6.35. The number of aromatic amines is 1. The molecular formula is C61H71BN5O12. The van der Waals surface area contributed by atoms with Gasteiger partial charge in [-0.3, -0.25) is 33.6 Å². The molecule has 6 aromatic rings. The number of benzene rings is 5. The van der Waals surface area contributed by atoms with E-state index >= 15 is 0 Å². The number of nitrogens with one attached hydrogen (secondary N) is 4. The molecule has 18 heteroatoms. The number of ether oxygens (including phenoxy) is 3. The van der Waals surface area contributed by atoms with Gasteiger partial charge in [-0.15, -0.1) is 0 Å². The molecular weight excluding hydrogens is 1010 g/mol. The Morgan fingerprint density at radius 1 is 0.646 bits per heavy atom. The van der Waals surface area contributed by atoms with E-state index in [1.54, 1.807) is 6.20 Å². The molecule has 5 heterocycles. The minimum absolute atomic E-state index is 0. The summed E-state index contributed by atoms with van der Waals surface area (Å²) in [5.74, 6) is -2.13. The Morgan fingerprint density at radius 3 is 1.46 bits per heavy atom. The third-order valence-electron chi connectivity index (χ3n) is 14.6. The summed E-state index contributed by atoms with van der Waals surface area (Å²) in [7, 11) is 4.02. The summed E-state index contributed by atoms with van der Waals surface area (Å²) >= 11 is 0. The van der Waals surface area contributed by atoms with Gasteiger partial charge in [0.15, 0.2) is 0 Å². The van der Waals surface area contributed by atoms with Crippen LogP contribution in [0.2, 0.25) is 0 Å². The maximum atomic E-state index is 12.3. The third kappa shape index (κ3) is 14.1. The van der Waals surface area contributed by atoms with Gasteiger partial charge in [0.05, 0.1) is 55.1 Å². The summed E-state index contributed by atoms with van der Waals surface area (Å²) in [4.78, 5) is 94.2. The molecule has 6 aliphatic rings. The molecule has 0 spiro atoms. The second-order valence-electron chi connectivity index (χ2n) is 20.3. The lowest BCUT2D eigenvalue weighted by Crippen LogP contribution is -2.63. The zero-order valence-electron chi connectivity index (χ0n) is 46.4. The van der Waals surface area contributed by atoms with Gasteiger partial charge in [-0.1, -0.05) is 133 Å².